The van der Waals surface area contributed by atoms with Crippen molar-refractivity contribution in [3.8, 4) is 0 Å². The maximum absolute atomic E-state index is 13.7. The fourth-order valence-corrected chi connectivity index (χ4v) is 6.18. The summed E-state index contributed by atoms with van der Waals surface area (Å²) in [5.74, 6) is -0.619. The molecule has 3 aromatic carbocycles. The van der Waals surface area contributed by atoms with Crippen molar-refractivity contribution >= 4 is 11.8 Å². The number of hydrogen-bond donors (Lipinski definition) is 0. The Balaban J connectivity index is 1.44. The van der Waals surface area contributed by atoms with Crippen LogP contribution in [0.3, 0.4) is 0 Å². The minimum atomic E-state index is -0.287. The lowest BCUT2D eigenvalue weighted by Crippen LogP contribution is -2.41. The molecule has 148 valence electrons. The molecule has 0 radical (unpaired) electrons. The predicted octanol–water partition coefficient (Wildman–Crippen LogP) is 4.51. The topological polar surface area (TPSA) is 37.4 Å². The van der Waals surface area contributed by atoms with E-state index in [0.717, 1.165) is 5.56 Å². The SMILES string of the molecule is C[C@H](Cc1ccccc1)N1C(=O)[C@@H]2C3c4ccccc4C(c4ccccc43)[C@H]2C1=O. The highest BCUT2D eigenvalue weighted by atomic mass is 16.2. The lowest BCUT2D eigenvalue weighted by molar-refractivity contribution is -0.142. The third-order valence-electron chi connectivity index (χ3n) is 7.30. The Kier molecular flexibility index (Phi) is 3.76. The van der Waals surface area contributed by atoms with Gasteiger partial charge in [0.15, 0.2) is 0 Å². The van der Waals surface area contributed by atoms with Crippen molar-refractivity contribution in [3.63, 3.8) is 0 Å². The lowest BCUT2D eigenvalue weighted by atomic mass is 9.55. The molecule has 1 saturated heterocycles. The van der Waals surface area contributed by atoms with Crippen LogP contribution in [0.1, 0.15) is 46.6 Å². The average Bonchev–Trinajstić information content (AvgIpc) is 3.05. The molecule has 0 spiro atoms. The predicted molar refractivity (Wildman–Crippen MR) is 115 cm³/mol. The van der Waals surface area contributed by atoms with E-state index in [0.29, 0.717) is 6.42 Å². The summed E-state index contributed by atoms with van der Waals surface area (Å²) in [6, 6.07) is 26.7. The van der Waals surface area contributed by atoms with Crippen LogP contribution in [0.5, 0.6) is 0 Å². The molecule has 1 heterocycles. The van der Waals surface area contributed by atoms with Crippen LogP contribution in [0, 0.1) is 11.8 Å². The normalized spacial score (nSPS) is 26.9. The van der Waals surface area contributed by atoms with Crippen LogP contribution in [0.4, 0.5) is 0 Å². The molecule has 3 nitrogen and oxygen atoms in total. The van der Waals surface area contributed by atoms with Gasteiger partial charge in [-0.3, -0.25) is 14.5 Å². The van der Waals surface area contributed by atoms with Crippen LogP contribution < -0.4 is 0 Å². The summed E-state index contributed by atoms with van der Waals surface area (Å²) < 4.78 is 0. The molecule has 0 saturated carbocycles. The molecule has 3 heteroatoms. The van der Waals surface area contributed by atoms with Crippen LogP contribution in [0.15, 0.2) is 78.9 Å². The van der Waals surface area contributed by atoms with Gasteiger partial charge in [0, 0.05) is 17.9 Å². The highest BCUT2D eigenvalue weighted by molar-refractivity contribution is 6.08. The fraction of sp³-hybridized carbons (Fsp3) is 0.259. The van der Waals surface area contributed by atoms with E-state index in [1.807, 2.05) is 49.4 Å². The van der Waals surface area contributed by atoms with E-state index in [4.69, 9.17) is 0 Å². The number of hydrogen-bond acceptors (Lipinski definition) is 2. The second-order valence-electron chi connectivity index (χ2n) is 8.85. The monoisotopic (exact) mass is 393 g/mol. The number of carbonyl (C=O) groups is 2. The van der Waals surface area contributed by atoms with Gasteiger partial charge in [0.1, 0.15) is 0 Å². The second-order valence-corrected chi connectivity index (χ2v) is 8.85. The lowest BCUT2D eigenvalue weighted by Gasteiger charge is -2.45. The maximum Gasteiger partial charge on any atom is 0.234 e. The molecule has 4 aliphatic rings. The van der Waals surface area contributed by atoms with E-state index in [2.05, 4.69) is 36.4 Å². The van der Waals surface area contributed by atoms with E-state index in [1.54, 1.807) is 4.90 Å². The number of imide groups is 1. The third-order valence-corrected chi connectivity index (χ3v) is 7.30. The van der Waals surface area contributed by atoms with Gasteiger partial charge in [-0.1, -0.05) is 78.9 Å². The molecule has 2 amide bonds. The van der Waals surface area contributed by atoms with Gasteiger partial charge >= 0.3 is 0 Å². The summed E-state index contributed by atoms with van der Waals surface area (Å²) in [5.41, 5.74) is 6.04. The van der Waals surface area contributed by atoms with Crippen molar-refractivity contribution in [3.05, 3.63) is 107 Å². The summed E-state index contributed by atoms with van der Waals surface area (Å²) in [5, 5.41) is 0. The minimum Gasteiger partial charge on any atom is -0.279 e. The van der Waals surface area contributed by atoms with Crippen LogP contribution in [0.25, 0.3) is 0 Å². The number of nitrogens with zero attached hydrogens (tertiary/aromatic N) is 1. The minimum absolute atomic E-state index is 0.00689. The van der Waals surface area contributed by atoms with E-state index in [1.165, 1.54) is 22.3 Å². The largest absolute Gasteiger partial charge is 0.279 e. The number of benzene rings is 3. The van der Waals surface area contributed by atoms with E-state index in [9.17, 15) is 9.59 Å². The fourth-order valence-electron chi connectivity index (χ4n) is 6.18. The van der Waals surface area contributed by atoms with Gasteiger partial charge in [-0.05, 0) is 41.2 Å². The molecule has 1 aliphatic heterocycles. The van der Waals surface area contributed by atoms with Crippen LogP contribution in [0.2, 0.25) is 0 Å². The molecular weight excluding hydrogens is 370 g/mol. The van der Waals surface area contributed by atoms with Crippen molar-refractivity contribution in [1.29, 1.82) is 0 Å². The van der Waals surface area contributed by atoms with E-state index >= 15 is 0 Å². The van der Waals surface area contributed by atoms with Gasteiger partial charge in [-0.2, -0.15) is 0 Å². The second kappa shape index (κ2) is 6.40. The molecule has 3 aromatic rings. The summed E-state index contributed by atoms with van der Waals surface area (Å²) >= 11 is 0. The highest BCUT2D eigenvalue weighted by Crippen LogP contribution is 2.61. The van der Waals surface area contributed by atoms with Crippen LogP contribution >= 0.6 is 0 Å². The molecule has 3 atom stereocenters. The third kappa shape index (κ3) is 2.26. The first-order valence-corrected chi connectivity index (χ1v) is 10.8. The first-order chi connectivity index (χ1) is 14.7. The quantitative estimate of drug-likeness (QED) is 0.614. The van der Waals surface area contributed by atoms with Gasteiger partial charge in [0.05, 0.1) is 11.8 Å². The van der Waals surface area contributed by atoms with Crippen LogP contribution in [-0.4, -0.2) is 22.8 Å². The molecule has 7 rings (SSSR count). The Labute approximate surface area is 176 Å². The molecule has 2 bridgehead atoms. The Morgan fingerprint density at radius 3 is 1.50 bits per heavy atom. The van der Waals surface area contributed by atoms with Crippen molar-refractivity contribution in [2.24, 2.45) is 11.8 Å². The molecule has 0 unspecified atom stereocenters. The first kappa shape index (κ1) is 17.6. The standard InChI is InChI=1S/C27H23NO2/c1-16(15-17-9-3-2-4-10-17)28-26(29)24-22-18-11-5-6-12-19(18)23(25(24)27(28)30)21-14-8-7-13-20(21)22/h2-14,16,22-25H,15H2,1H3/t16-,22?,23?,24-,25-/m1/s1. The Hall–Kier alpha value is -3.20. The van der Waals surface area contributed by atoms with Crippen molar-refractivity contribution < 1.29 is 9.59 Å². The number of likely N-dealkylation sites (tertiary alicyclic amines) is 1. The molecule has 0 N–H and O–H groups in total. The Morgan fingerprint density at radius 1 is 0.667 bits per heavy atom. The van der Waals surface area contributed by atoms with Crippen LogP contribution in [-0.2, 0) is 16.0 Å². The molecular formula is C27H23NO2. The summed E-state index contributed by atoms with van der Waals surface area (Å²) in [4.78, 5) is 29.0. The van der Waals surface area contributed by atoms with Gasteiger partial charge in [0.25, 0.3) is 0 Å². The molecule has 30 heavy (non-hydrogen) atoms. The maximum atomic E-state index is 13.7. The van der Waals surface area contributed by atoms with E-state index < -0.39 is 0 Å². The zero-order valence-electron chi connectivity index (χ0n) is 16.9. The zero-order valence-corrected chi connectivity index (χ0v) is 16.9. The highest BCUT2D eigenvalue weighted by Gasteiger charge is 2.61. The Morgan fingerprint density at radius 2 is 1.07 bits per heavy atom. The van der Waals surface area contributed by atoms with Crippen molar-refractivity contribution in [1.82, 2.24) is 4.90 Å². The number of amides is 2. The molecule has 1 fully saturated rings. The summed E-state index contributed by atoms with van der Waals surface area (Å²) in [6.07, 6.45) is 0.687. The molecule has 0 aromatic heterocycles. The zero-order chi connectivity index (χ0) is 20.4. The molecule has 3 aliphatic carbocycles. The smallest absolute Gasteiger partial charge is 0.234 e. The van der Waals surface area contributed by atoms with Gasteiger partial charge in [-0.25, -0.2) is 0 Å². The van der Waals surface area contributed by atoms with Gasteiger partial charge in [0.2, 0.25) is 11.8 Å². The number of carbonyl (C=O) groups excluding carboxylic acids is 2. The van der Waals surface area contributed by atoms with Gasteiger partial charge < -0.3 is 0 Å². The number of rotatable bonds is 3. The average molecular weight is 393 g/mol. The van der Waals surface area contributed by atoms with Crippen molar-refractivity contribution in [2.75, 3.05) is 0 Å². The first-order valence-electron chi connectivity index (χ1n) is 10.8. The van der Waals surface area contributed by atoms with E-state index in [-0.39, 0.29) is 41.5 Å². The Bertz CT molecular complexity index is 1050. The van der Waals surface area contributed by atoms with Crippen molar-refractivity contribution in [2.45, 2.75) is 31.2 Å². The van der Waals surface area contributed by atoms with Gasteiger partial charge in [-0.15, -0.1) is 0 Å². The summed E-state index contributed by atoms with van der Waals surface area (Å²) in [6.45, 7) is 2.00. The summed E-state index contributed by atoms with van der Waals surface area (Å²) in [7, 11) is 0.